The zero-order valence-corrected chi connectivity index (χ0v) is 16.1. The monoisotopic (exact) mass is 402 g/mol. The third kappa shape index (κ3) is 5.88. The van der Waals surface area contributed by atoms with Crippen LogP contribution in [0.3, 0.4) is 0 Å². The van der Waals surface area contributed by atoms with Crippen molar-refractivity contribution in [2.45, 2.75) is 26.3 Å². The van der Waals surface area contributed by atoms with E-state index in [0.29, 0.717) is 5.71 Å². The van der Waals surface area contributed by atoms with Crippen LogP contribution in [0, 0.1) is 10.1 Å². The van der Waals surface area contributed by atoms with Crippen LogP contribution in [0.4, 0.5) is 5.69 Å². The summed E-state index contributed by atoms with van der Waals surface area (Å²) in [6.45, 7) is 3.48. The van der Waals surface area contributed by atoms with E-state index in [1.165, 1.54) is 12.1 Å². The molecule has 0 spiro atoms. The Bertz CT molecular complexity index is 915. The highest BCUT2D eigenvalue weighted by Crippen LogP contribution is 2.24. The lowest BCUT2D eigenvalue weighted by molar-refractivity contribution is -0.384. The highest BCUT2D eigenvalue weighted by Gasteiger charge is 2.15. The maximum absolute atomic E-state index is 12.1. The minimum atomic E-state index is -0.638. The van der Waals surface area contributed by atoms with Crippen molar-refractivity contribution in [1.29, 1.82) is 0 Å². The number of rotatable bonds is 7. The second-order valence-electron chi connectivity index (χ2n) is 6.09. The van der Waals surface area contributed by atoms with Gasteiger partial charge in [0.2, 0.25) is 5.91 Å². The first-order valence-corrected chi connectivity index (χ1v) is 8.77. The van der Waals surface area contributed by atoms with Crippen molar-refractivity contribution in [3.63, 3.8) is 0 Å². The number of carbonyl (C=O) groups is 2. The summed E-state index contributed by atoms with van der Waals surface area (Å²) in [6, 6.07) is 13.0. The molecule has 2 aromatic carbocycles. The Labute approximate surface area is 166 Å². The molecule has 0 saturated heterocycles. The Morgan fingerprint density at radius 1 is 1.21 bits per heavy atom. The summed E-state index contributed by atoms with van der Waals surface area (Å²) < 4.78 is 0. The van der Waals surface area contributed by atoms with E-state index >= 15 is 0 Å². The molecule has 0 bridgehead atoms. The highest BCUT2D eigenvalue weighted by molar-refractivity contribution is 6.33. The SMILES string of the molecule is C/C(CC(=O)N[C@@H](C)c1ccccc1)=N/NC(=O)c1ccc([N+](=O)[O-])c(Cl)c1. The first kappa shape index (κ1) is 21.0. The average molecular weight is 403 g/mol. The van der Waals surface area contributed by atoms with Crippen LogP contribution < -0.4 is 10.7 Å². The summed E-state index contributed by atoms with van der Waals surface area (Å²) in [6.07, 6.45) is 0.0124. The molecule has 2 N–H and O–H groups in total. The summed E-state index contributed by atoms with van der Waals surface area (Å²) in [4.78, 5) is 34.3. The topological polar surface area (TPSA) is 114 Å². The number of hydrazone groups is 1. The van der Waals surface area contributed by atoms with Gasteiger partial charge in [0.1, 0.15) is 5.02 Å². The molecule has 0 aliphatic rings. The van der Waals surface area contributed by atoms with Crippen LogP contribution in [-0.4, -0.2) is 22.4 Å². The van der Waals surface area contributed by atoms with Gasteiger partial charge in [0, 0.05) is 17.3 Å². The normalized spacial score (nSPS) is 12.2. The summed E-state index contributed by atoms with van der Waals surface area (Å²) in [5.41, 5.74) is 3.52. The summed E-state index contributed by atoms with van der Waals surface area (Å²) in [5, 5.41) is 17.3. The molecule has 2 aromatic rings. The van der Waals surface area contributed by atoms with Crippen molar-refractivity contribution < 1.29 is 14.5 Å². The molecule has 2 rings (SSSR count). The predicted molar refractivity (Wildman–Crippen MR) is 106 cm³/mol. The number of nitro groups is 1. The lowest BCUT2D eigenvalue weighted by atomic mass is 10.1. The minimum Gasteiger partial charge on any atom is -0.349 e. The lowest BCUT2D eigenvalue weighted by Gasteiger charge is -2.14. The number of halogens is 1. The van der Waals surface area contributed by atoms with Crippen LogP contribution in [0.15, 0.2) is 53.6 Å². The standard InChI is InChI=1S/C19H19ClN4O4/c1-12(10-18(25)21-13(2)14-6-4-3-5-7-14)22-23-19(26)15-8-9-17(24(27)28)16(20)11-15/h3-9,11,13H,10H2,1-2H3,(H,21,25)(H,23,26)/b22-12-/t13-/m0/s1. The van der Waals surface area contributed by atoms with Crippen LogP contribution in [-0.2, 0) is 4.79 Å². The fraction of sp³-hybridized carbons (Fsp3) is 0.211. The van der Waals surface area contributed by atoms with E-state index < -0.39 is 10.8 Å². The molecule has 2 amide bonds. The van der Waals surface area contributed by atoms with Gasteiger partial charge >= 0.3 is 0 Å². The van der Waals surface area contributed by atoms with Crippen molar-refractivity contribution in [3.8, 4) is 0 Å². The van der Waals surface area contributed by atoms with Crippen molar-refractivity contribution in [3.05, 3.63) is 74.8 Å². The van der Waals surface area contributed by atoms with E-state index in [2.05, 4.69) is 15.8 Å². The van der Waals surface area contributed by atoms with Gasteiger partial charge in [0.25, 0.3) is 11.6 Å². The Hall–Kier alpha value is -3.26. The van der Waals surface area contributed by atoms with Gasteiger partial charge in [-0.15, -0.1) is 0 Å². The minimum absolute atomic E-state index is 0.0124. The van der Waals surface area contributed by atoms with E-state index in [4.69, 9.17) is 11.6 Å². The fourth-order valence-corrected chi connectivity index (χ4v) is 2.65. The van der Waals surface area contributed by atoms with Gasteiger partial charge in [-0.3, -0.25) is 19.7 Å². The van der Waals surface area contributed by atoms with Crippen molar-refractivity contribution >= 4 is 34.8 Å². The molecule has 146 valence electrons. The molecule has 0 aromatic heterocycles. The van der Waals surface area contributed by atoms with Crippen LogP contribution in [0.1, 0.15) is 42.2 Å². The maximum atomic E-state index is 12.1. The molecule has 0 unspecified atom stereocenters. The quantitative estimate of drug-likeness (QED) is 0.418. The molecule has 0 radical (unpaired) electrons. The number of carbonyl (C=O) groups excluding carboxylic acids is 2. The molecular formula is C19H19ClN4O4. The third-order valence-electron chi connectivity index (χ3n) is 3.85. The van der Waals surface area contributed by atoms with Gasteiger partial charge in [-0.25, -0.2) is 5.43 Å². The van der Waals surface area contributed by atoms with E-state index in [9.17, 15) is 19.7 Å². The van der Waals surface area contributed by atoms with E-state index in [0.717, 1.165) is 11.6 Å². The molecule has 1 atom stereocenters. The number of amides is 2. The largest absolute Gasteiger partial charge is 0.349 e. The number of hydrogen-bond donors (Lipinski definition) is 2. The van der Waals surface area contributed by atoms with Crippen molar-refractivity contribution in [1.82, 2.24) is 10.7 Å². The van der Waals surface area contributed by atoms with Gasteiger partial charge < -0.3 is 5.32 Å². The first-order chi connectivity index (χ1) is 13.3. The second kappa shape index (κ2) is 9.61. The average Bonchev–Trinajstić information content (AvgIpc) is 2.66. The van der Waals surface area contributed by atoms with Crippen LogP contribution >= 0.6 is 11.6 Å². The van der Waals surface area contributed by atoms with Gasteiger partial charge in [0.15, 0.2) is 0 Å². The number of nitro benzene ring substituents is 1. The fourth-order valence-electron chi connectivity index (χ4n) is 2.40. The number of benzene rings is 2. The van der Waals surface area contributed by atoms with E-state index in [1.54, 1.807) is 6.92 Å². The van der Waals surface area contributed by atoms with E-state index in [1.807, 2.05) is 37.3 Å². The lowest BCUT2D eigenvalue weighted by Crippen LogP contribution is -2.28. The van der Waals surface area contributed by atoms with Crippen LogP contribution in [0.25, 0.3) is 0 Å². The van der Waals surface area contributed by atoms with Gasteiger partial charge in [0.05, 0.1) is 17.4 Å². The Morgan fingerprint density at radius 2 is 1.89 bits per heavy atom. The van der Waals surface area contributed by atoms with E-state index in [-0.39, 0.29) is 34.6 Å². The Balaban J connectivity index is 1.91. The predicted octanol–water partition coefficient (Wildman–Crippen LogP) is 3.62. The van der Waals surface area contributed by atoms with Crippen molar-refractivity contribution in [2.24, 2.45) is 5.10 Å². The molecular weight excluding hydrogens is 384 g/mol. The van der Waals surface area contributed by atoms with Crippen LogP contribution in [0.5, 0.6) is 0 Å². The maximum Gasteiger partial charge on any atom is 0.287 e. The Kier molecular flexibility index (Phi) is 7.22. The van der Waals surface area contributed by atoms with Gasteiger partial charge in [-0.05, 0) is 31.5 Å². The van der Waals surface area contributed by atoms with Crippen LogP contribution in [0.2, 0.25) is 5.02 Å². The molecule has 0 saturated carbocycles. The summed E-state index contributed by atoms with van der Waals surface area (Å²) in [7, 11) is 0. The third-order valence-corrected chi connectivity index (χ3v) is 4.15. The summed E-state index contributed by atoms with van der Waals surface area (Å²) in [5.74, 6) is -0.820. The molecule has 8 nitrogen and oxygen atoms in total. The summed E-state index contributed by atoms with van der Waals surface area (Å²) >= 11 is 5.79. The number of nitrogens with zero attached hydrogens (tertiary/aromatic N) is 2. The molecule has 0 aliphatic carbocycles. The highest BCUT2D eigenvalue weighted by atomic mass is 35.5. The number of hydrogen-bond acceptors (Lipinski definition) is 5. The van der Waals surface area contributed by atoms with Crippen molar-refractivity contribution in [2.75, 3.05) is 0 Å². The second-order valence-corrected chi connectivity index (χ2v) is 6.50. The first-order valence-electron chi connectivity index (χ1n) is 8.39. The zero-order chi connectivity index (χ0) is 20.7. The Morgan fingerprint density at radius 3 is 2.50 bits per heavy atom. The van der Waals surface area contributed by atoms with Gasteiger partial charge in [-0.2, -0.15) is 5.10 Å². The molecule has 0 heterocycles. The molecule has 28 heavy (non-hydrogen) atoms. The zero-order valence-electron chi connectivity index (χ0n) is 15.3. The van der Waals surface area contributed by atoms with Gasteiger partial charge in [-0.1, -0.05) is 41.9 Å². The molecule has 9 heteroatoms. The smallest absolute Gasteiger partial charge is 0.287 e. The number of nitrogens with one attached hydrogen (secondary N) is 2. The molecule has 0 aliphatic heterocycles. The molecule has 0 fully saturated rings.